The van der Waals surface area contributed by atoms with Gasteiger partial charge in [0.25, 0.3) is 0 Å². The average molecular weight is 372 g/mol. The van der Waals surface area contributed by atoms with Crippen molar-refractivity contribution in [2.45, 2.75) is 39.5 Å². The number of rotatable bonds is 8. The van der Waals surface area contributed by atoms with Crippen LogP contribution in [0, 0.1) is 22.7 Å². The average Bonchev–Trinajstić information content (AvgIpc) is 2.66. The predicted molar refractivity (Wildman–Crippen MR) is 89.7 cm³/mol. The molecule has 1 fully saturated rings. The van der Waals surface area contributed by atoms with E-state index in [2.05, 4.69) is 0 Å². The molecule has 0 heterocycles. The number of carbonyl (C=O) groups is 4. The van der Waals surface area contributed by atoms with Gasteiger partial charge in [-0.3, -0.25) is 19.2 Å². The second-order valence-electron chi connectivity index (χ2n) is 6.37. The van der Waals surface area contributed by atoms with Gasteiger partial charge in [0.05, 0.1) is 28.4 Å². The van der Waals surface area contributed by atoms with E-state index in [4.69, 9.17) is 18.9 Å². The molecule has 26 heavy (non-hydrogen) atoms. The minimum atomic E-state index is -2.13. The summed E-state index contributed by atoms with van der Waals surface area (Å²) < 4.78 is 19.5. The molecule has 0 aromatic rings. The van der Waals surface area contributed by atoms with E-state index in [0.717, 1.165) is 28.4 Å². The van der Waals surface area contributed by atoms with Crippen molar-refractivity contribution in [3.05, 3.63) is 0 Å². The number of hydrogen-bond acceptors (Lipinski definition) is 8. The number of methoxy groups -OCH3 is 4. The summed E-state index contributed by atoms with van der Waals surface area (Å²) in [5.41, 5.74) is -4.26. The molecule has 0 N–H and O–H groups in total. The zero-order chi connectivity index (χ0) is 20.1. The number of esters is 4. The lowest BCUT2D eigenvalue weighted by molar-refractivity contribution is -0.249. The monoisotopic (exact) mass is 372 g/mol. The van der Waals surface area contributed by atoms with E-state index >= 15 is 0 Å². The highest BCUT2D eigenvalue weighted by Crippen LogP contribution is 2.69. The molecule has 0 aromatic carbocycles. The van der Waals surface area contributed by atoms with Crippen molar-refractivity contribution in [1.82, 2.24) is 0 Å². The maximum atomic E-state index is 12.9. The molecule has 0 amide bonds. The van der Waals surface area contributed by atoms with Crippen LogP contribution in [0.3, 0.4) is 0 Å². The van der Waals surface area contributed by atoms with Gasteiger partial charge in [-0.1, -0.05) is 26.7 Å². The zero-order valence-electron chi connectivity index (χ0n) is 16.2. The number of ether oxygens (including phenoxy) is 4. The molecule has 1 aliphatic carbocycles. The van der Waals surface area contributed by atoms with Gasteiger partial charge in [0.2, 0.25) is 0 Å². The van der Waals surface area contributed by atoms with Crippen LogP contribution in [0.25, 0.3) is 0 Å². The molecule has 8 nitrogen and oxygen atoms in total. The molecule has 8 heteroatoms. The Morgan fingerprint density at radius 1 is 0.615 bits per heavy atom. The van der Waals surface area contributed by atoms with Crippen LogP contribution >= 0.6 is 0 Å². The molecule has 148 valence electrons. The largest absolute Gasteiger partial charge is 0.468 e. The van der Waals surface area contributed by atoms with E-state index < -0.39 is 46.5 Å². The fourth-order valence-corrected chi connectivity index (χ4v) is 4.61. The van der Waals surface area contributed by atoms with Crippen LogP contribution in [0.2, 0.25) is 0 Å². The van der Waals surface area contributed by atoms with Gasteiger partial charge in [-0.15, -0.1) is 0 Å². The highest BCUT2D eigenvalue weighted by Gasteiger charge is 2.87. The molecular weight excluding hydrogens is 344 g/mol. The molecule has 1 saturated carbocycles. The summed E-state index contributed by atoms with van der Waals surface area (Å²) >= 11 is 0. The van der Waals surface area contributed by atoms with E-state index in [9.17, 15) is 19.2 Å². The highest BCUT2D eigenvalue weighted by molar-refractivity contribution is 6.17. The number of carbonyl (C=O) groups excluding carboxylic acids is 4. The van der Waals surface area contributed by atoms with Gasteiger partial charge >= 0.3 is 23.9 Å². The van der Waals surface area contributed by atoms with Crippen LogP contribution in [-0.4, -0.2) is 52.3 Å². The van der Waals surface area contributed by atoms with E-state index in [1.54, 1.807) is 0 Å². The summed E-state index contributed by atoms with van der Waals surface area (Å²) in [6.45, 7) is 3.78. The Morgan fingerprint density at radius 3 is 1.00 bits per heavy atom. The smallest absolute Gasteiger partial charge is 0.325 e. The highest BCUT2D eigenvalue weighted by atomic mass is 16.6. The van der Waals surface area contributed by atoms with Crippen molar-refractivity contribution in [3.8, 4) is 0 Å². The fourth-order valence-electron chi connectivity index (χ4n) is 4.61. The van der Waals surface area contributed by atoms with Crippen molar-refractivity contribution in [1.29, 1.82) is 0 Å². The lowest BCUT2D eigenvalue weighted by atomic mass is 9.36. The topological polar surface area (TPSA) is 105 Å². The van der Waals surface area contributed by atoms with Gasteiger partial charge in [-0.2, -0.15) is 0 Å². The summed E-state index contributed by atoms with van der Waals surface area (Å²) in [5, 5.41) is 0. The normalized spacial score (nSPS) is 22.5. The van der Waals surface area contributed by atoms with Crippen LogP contribution < -0.4 is 0 Å². The second kappa shape index (κ2) is 8.51. The predicted octanol–water partition coefficient (Wildman–Crippen LogP) is 1.50. The van der Waals surface area contributed by atoms with Gasteiger partial charge in [0.15, 0.2) is 10.8 Å². The van der Waals surface area contributed by atoms with Gasteiger partial charge in [-0.25, -0.2) is 0 Å². The summed E-state index contributed by atoms with van der Waals surface area (Å²) in [4.78, 5) is 51.5. The van der Waals surface area contributed by atoms with Crippen molar-refractivity contribution in [3.63, 3.8) is 0 Å². The summed E-state index contributed by atoms with van der Waals surface area (Å²) in [7, 11) is 4.40. The van der Waals surface area contributed by atoms with Crippen molar-refractivity contribution < 1.29 is 38.1 Å². The first kappa shape index (κ1) is 21.9. The quantitative estimate of drug-likeness (QED) is 0.358. The summed E-state index contributed by atoms with van der Waals surface area (Å²) in [5.74, 6) is -5.19. The first-order chi connectivity index (χ1) is 12.3. The Kier molecular flexibility index (Phi) is 7.17. The first-order valence-corrected chi connectivity index (χ1v) is 8.66. The molecule has 0 spiro atoms. The minimum absolute atomic E-state index is 0.435. The summed E-state index contributed by atoms with van der Waals surface area (Å²) in [6, 6.07) is 0. The molecule has 0 aromatic heterocycles. The van der Waals surface area contributed by atoms with Crippen LogP contribution in [-0.2, 0) is 38.1 Å². The third-order valence-electron chi connectivity index (χ3n) is 5.45. The van der Waals surface area contributed by atoms with E-state index in [1.165, 1.54) is 0 Å². The standard InChI is InChI=1S/C18H28O8/c1-7-9-11-12(10-8-2)18(15(21)25-5,16(22)26-6)17(11,13(19)23-3)14(20)24-4/h11-12H,7-10H2,1-6H3/t11-,12+. The fraction of sp³-hybridized carbons (Fsp3) is 0.778. The SMILES string of the molecule is CCC[C@@H]1[C@H](CCC)C(C(=O)OC)(C(=O)OC)C1(C(=O)OC)C(=O)OC. The van der Waals surface area contributed by atoms with E-state index in [1.807, 2.05) is 13.8 Å². The maximum Gasteiger partial charge on any atom is 0.325 e. The van der Waals surface area contributed by atoms with Crippen LogP contribution in [0.15, 0.2) is 0 Å². The Bertz CT molecular complexity index is 486. The van der Waals surface area contributed by atoms with E-state index in [0.29, 0.717) is 25.7 Å². The lowest BCUT2D eigenvalue weighted by Crippen LogP contribution is -2.78. The molecule has 0 saturated heterocycles. The third kappa shape index (κ3) is 2.57. The third-order valence-corrected chi connectivity index (χ3v) is 5.45. The van der Waals surface area contributed by atoms with Crippen LogP contribution in [0.4, 0.5) is 0 Å². The maximum absolute atomic E-state index is 12.9. The van der Waals surface area contributed by atoms with Crippen molar-refractivity contribution in [2.75, 3.05) is 28.4 Å². The van der Waals surface area contributed by atoms with Crippen molar-refractivity contribution in [2.24, 2.45) is 22.7 Å². The molecule has 1 aliphatic rings. The van der Waals surface area contributed by atoms with Crippen molar-refractivity contribution >= 4 is 23.9 Å². The van der Waals surface area contributed by atoms with Gasteiger partial charge in [0.1, 0.15) is 0 Å². The Balaban J connectivity index is 3.89. The van der Waals surface area contributed by atoms with Gasteiger partial charge < -0.3 is 18.9 Å². The first-order valence-electron chi connectivity index (χ1n) is 8.66. The van der Waals surface area contributed by atoms with Crippen LogP contribution in [0.1, 0.15) is 39.5 Å². The minimum Gasteiger partial charge on any atom is -0.468 e. The molecule has 0 aliphatic heterocycles. The molecule has 0 radical (unpaired) electrons. The lowest BCUT2D eigenvalue weighted by Gasteiger charge is -2.61. The zero-order valence-corrected chi connectivity index (χ0v) is 16.2. The Labute approximate surface area is 153 Å². The molecule has 0 bridgehead atoms. The van der Waals surface area contributed by atoms with E-state index in [-0.39, 0.29) is 0 Å². The Hall–Kier alpha value is -2.12. The van der Waals surface area contributed by atoms with Gasteiger partial charge in [-0.05, 0) is 24.7 Å². The molecular formula is C18H28O8. The summed E-state index contributed by atoms with van der Waals surface area (Å²) in [6.07, 6.45) is 2.15. The number of hydrogen-bond donors (Lipinski definition) is 0. The second-order valence-corrected chi connectivity index (χ2v) is 6.37. The molecule has 0 unspecified atom stereocenters. The van der Waals surface area contributed by atoms with Gasteiger partial charge in [0, 0.05) is 0 Å². The van der Waals surface area contributed by atoms with Crippen LogP contribution in [0.5, 0.6) is 0 Å². The Morgan fingerprint density at radius 2 is 0.846 bits per heavy atom. The molecule has 1 rings (SSSR count). The molecule has 2 atom stereocenters.